The van der Waals surface area contributed by atoms with E-state index in [4.69, 9.17) is 14.2 Å². The number of methoxy groups -OCH3 is 1. The van der Waals surface area contributed by atoms with Crippen molar-refractivity contribution in [1.29, 1.82) is 0 Å². The second kappa shape index (κ2) is 2.96. The number of hydrogen-bond acceptors (Lipinski definition) is 3. The van der Waals surface area contributed by atoms with Gasteiger partial charge in [0.25, 0.3) is 0 Å². The summed E-state index contributed by atoms with van der Waals surface area (Å²) in [6, 6.07) is 0. The molecular formula is C6H10O3. The Morgan fingerprint density at radius 3 is 2.89 bits per heavy atom. The lowest BCUT2D eigenvalue weighted by molar-refractivity contribution is -0.110. The van der Waals surface area contributed by atoms with Crippen LogP contribution in [0.25, 0.3) is 0 Å². The topological polar surface area (TPSA) is 27.7 Å². The van der Waals surface area contributed by atoms with E-state index in [1.807, 2.05) is 0 Å². The van der Waals surface area contributed by atoms with Crippen LogP contribution in [0, 0.1) is 0 Å². The van der Waals surface area contributed by atoms with Crippen molar-refractivity contribution in [3.05, 3.63) is 12.7 Å². The molecule has 1 aliphatic heterocycles. The second-order valence-electron chi connectivity index (χ2n) is 1.74. The Bertz CT molecular complexity index is 102. The smallest absolute Gasteiger partial charge is 0.184 e. The highest BCUT2D eigenvalue weighted by atomic mass is 16.8. The van der Waals surface area contributed by atoms with Gasteiger partial charge >= 0.3 is 0 Å². The zero-order valence-corrected chi connectivity index (χ0v) is 5.37. The van der Waals surface area contributed by atoms with Gasteiger partial charge in [-0.15, -0.1) is 0 Å². The van der Waals surface area contributed by atoms with Gasteiger partial charge in [-0.25, -0.2) is 0 Å². The summed E-state index contributed by atoms with van der Waals surface area (Å²) in [4.78, 5) is 0. The second-order valence-corrected chi connectivity index (χ2v) is 1.74. The summed E-state index contributed by atoms with van der Waals surface area (Å²) >= 11 is 0. The maximum absolute atomic E-state index is 5.10. The zero-order chi connectivity index (χ0) is 6.69. The third-order valence-electron chi connectivity index (χ3n) is 1.14. The Morgan fingerprint density at radius 1 is 1.78 bits per heavy atom. The van der Waals surface area contributed by atoms with Crippen LogP contribution in [-0.2, 0) is 14.2 Å². The lowest BCUT2D eigenvalue weighted by Gasteiger charge is -2.04. The molecule has 1 heterocycles. The average Bonchev–Trinajstić information content (AvgIpc) is 2.34. The van der Waals surface area contributed by atoms with Gasteiger partial charge < -0.3 is 14.2 Å². The normalized spacial score (nSPS) is 34.8. The molecular weight excluding hydrogens is 120 g/mol. The first kappa shape index (κ1) is 6.74. The Hall–Kier alpha value is -0.380. The number of ether oxygens (including phenoxy) is 3. The van der Waals surface area contributed by atoms with Gasteiger partial charge in [-0.2, -0.15) is 0 Å². The standard InChI is InChI=1S/C6H10O3/c1-3-5-8-4-6(7-2)9-5/h3,5-6H,1,4H2,2H3. The molecule has 0 aromatic carbocycles. The molecule has 9 heavy (non-hydrogen) atoms. The highest BCUT2D eigenvalue weighted by Gasteiger charge is 2.22. The first-order chi connectivity index (χ1) is 4.36. The van der Waals surface area contributed by atoms with Crippen LogP contribution in [0.2, 0.25) is 0 Å². The van der Waals surface area contributed by atoms with Gasteiger partial charge in [-0.1, -0.05) is 6.58 Å². The van der Waals surface area contributed by atoms with Gasteiger partial charge in [0, 0.05) is 7.11 Å². The molecule has 3 nitrogen and oxygen atoms in total. The third kappa shape index (κ3) is 1.51. The molecule has 2 unspecified atom stereocenters. The quantitative estimate of drug-likeness (QED) is 0.510. The van der Waals surface area contributed by atoms with Crippen molar-refractivity contribution in [2.45, 2.75) is 12.6 Å². The first-order valence-corrected chi connectivity index (χ1v) is 2.79. The van der Waals surface area contributed by atoms with Crippen LogP contribution in [0.4, 0.5) is 0 Å². The minimum atomic E-state index is -0.282. The van der Waals surface area contributed by atoms with E-state index in [0.717, 1.165) is 0 Å². The van der Waals surface area contributed by atoms with Crippen molar-refractivity contribution in [3.8, 4) is 0 Å². The van der Waals surface area contributed by atoms with Crippen LogP contribution >= 0.6 is 0 Å². The molecule has 0 amide bonds. The highest BCUT2D eigenvalue weighted by molar-refractivity contribution is 4.75. The molecule has 2 atom stereocenters. The predicted molar refractivity (Wildman–Crippen MR) is 31.8 cm³/mol. The van der Waals surface area contributed by atoms with Crippen LogP contribution < -0.4 is 0 Å². The van der Waals surface area contributed by atoms with Gasteiger partial charge in [0.1, 0.15) is 6.61 Å². The fraction of sp³-hybridized carbons (Fsp3) is 0.667. The van der Waals surface area contributed by atoms with Crippen molar-refractivity contribution >= 4 is 0 Å². The van der Waals surface area contributed by atoms with E-state index in [2.05, 4.69) is 6.58 Å². The Labute approximate surface area is 54.2 Å². The Kier molecular flexibility index (Phi) is 2.22. The summed E-state index contributed by atoms with van der Waals surface area (Å²) in [5, 5.41) is 0. The maximum atomic E-state index is 5.10. The molecule has 0 aromatic heterocycles. The number of rotatable bonds is 2. The van der Waals surface area contributed by atoms with Crippen LogP contribution in [0.3, 0.4) is 0 Å². The lowest BCUT2D eigenvalue weighted by atomic mass is 10.6. The van der Waals surface area contributed by atoms with Crippen molar-refractivity contribution in [2.75, 3.05) is 13.7 Å². The van der Waals surface area contributed by atoms with Crippen LogP contribution in [0.15, 0.2) is 12.7 Å². The molecule has 0 bridgehead atoms. The average molecular weight is 130 g/mol. The molecule has 1 fully saturated rings. The van der Waals surface area contributed by atoms with Gasteiger partial charge in [-0.05, 0) is 6.08 Å². The largest absolute Gasteiger partial charge is 0.353 e. The predicted octanol–water partition coefficient (Wildman–Crippen LogP) is 0.518. The first-order valence-electron chi connectivity index (χ1n) is 2.79. The molecule has 1 aliphatic rings. The number of hydrogen-bond donors (Lipinski definition) is 0. The Balaban J connectivity index is 2.28. The molecule has 1 saturated heterocycles. The molecule has 52 valence electrons. The van der Waals surface area contributed by atoms with Crippen molar-refractivity contribution < 1.29 is 14.2 Å². The summed E-state index contributed by atoms with van der Waals surface area (Å²) in [5.41, 5.74) is 0. The maximum Gasteiger partial charge on any atom is 0.184 e. The highest BCUT2D eigenvalue weighted by Crippen LogP contribution is 2.11. The van der Waals surface area contributed by atoms with E-state index in [1.54, 1.807) is 13.2 Å². The van der Waals surface area contributed by atoms with Gasteiger partial charge in [0.2, 0.25) is 0 Å². The molecule has 0 saturated carbocycles. The van der Waals surface area contributed by atoms with Gasteiger partial charge in [0.05, 0.1) is 0 Å². The summed E-state index contributed by atoms with van der Waals surface area (Å²) in [6.07, 6.45) is 1.10. The third-order valence-corrected chi connectivity index (χ3v) is 1.14. The molecule has 0 aromatic rings. The molecule has 3 heteroatoms. The summed E-state index contributed by atoms with van der Waals surface area (Å²) in [6.45, 7) is 4.00. The van der Waals surface area contributed by atoms with Gasteiger partial charge in [0.15, 0.2) is 12.6 Å². The van der Waals surface area contributed by atoms with E-state index >= 15 is 0 Å². The van der Waals surface area contributed by atoms with Crippen LogP contribution in [0.1, 0.15) is 0 Å². The molecule has 0 radical (unpaired) electrons. The minimum Gasteiger partial charge on any atom is -0.353 e. The zero-order valence-electron chi connectivity index (χ0n) is 5.37. The lowest BCUT2D eigenvalue weighted by Crippen LogP contribution is -2.12. The summed E-state index contributed by atoms with van der Waals surface area (Å²) in [7, 11) is 1.58. The van der Waals surface area contributed by atoms with Crippen molar-refractivity contribution in [2.24, 2.45) is 0 Å². The molecule has 0 aliphatic carbocycles. The molecule has 1 rings (SSSR count). The summed E-state index contributed by atoms with van der Waals surface area (Å²) in [5.74, 6) is 0. The van der Waals surface area contributed by atoms with E-state index in [9.17, 15) is 0 Å². The van der Waals surface area contributed by atoms with Gasteiger partial charge in [-0.3, -0.25) is 0 Å². The van der Waals surface area contributed by atoms with Crippen molar-refractivity contribution in [1.82, 2.24) is 0 Å². The van der Waals surface area contributed by atoms with E-state index in [1.165, 1.54) is 0 Å². The fourth-order valence-electron chi connectivity index (χ4n) is 0.649. The van der Waals surface area contributed by atoms with E-state index < -0.39 is 0 Å². The Morgan fingerprint density at radius 2 is 2.56 bits per heavy atom. The van der Waals surface area contributed by atoms with E-state index in [-0.39, 0.29) is 12.6 Å². The molecule has 0 N–H and O–H groups in total. The minimum absolute atomic E-state index is 0.215. The SMILES string of the molecule is C=CC1OCC(OC)O1. The monoisotopic (exact) mass is 130 g/mol. The van der Waals surface area contributed by atoms with E-state index in [0.29, 0.717) is 6.61 Å². The molecule has 0 spiro atoms. The van der Waals surface area contributed by atoms with Crippen LogP contribution in [0.5, 0.6) is 0 Å². The van der Waals surface area contributed by atoms with Crippen LogP contribution in [-0.4, -0.2) is 26.3 Å². The van der Waals surface area contributed by atoms with Crippen molar-refractivity contribution in [3.63, 3.8) is 0 Å². The fourth-order valence-corrected chi connectivity index (χ4v) is 0.649. The summed E-state index contributed by atoms with van der Waals surface area (Å²) < 4.78 is 15.0.